The van der Waals surface area contributed by atoms with Gasteiger partial charge in [0.05, 0.1) is 10.8 Å². The van der Waals surface area contributed by atoms with Crippen molar-refractivity contribution in [2.75, 3.05) is 13.2 Å². The van der Waals surface area contributed by atoms with Gasteiger partial charge in [0.15, 0.2) is 5.78 Å². The second kappa shape index (κ2) is 10.4. The van der Waals surface area contributed by atoms with Crippen molar-refractivity contribution in [2.45, 2.75) is 12.8 Å². The molecule has 1 aromatic carbocycles. The average Bonchev–Trinajstić information content (AvgIpc) is 2.96. The summed E-state index contributed by atoms with van der Waals surface area (Å²) in [5.41, 5.74) is 0.710. The van der Waals surface area contributed by atoms with E-state index in [4.69, 9.17) is 22.1 Å². The van der Waals surface area contributed by atoms with Crippen LogP contribution < -0.4 is 4.74 Å². The van der Waals surface area contributed by atoms with E-state index in [1.54, 1.807) is 18.2 Å². The summed E-state index contributed by atoms with van der Waals surface area (Å²) in [6, 6.07) is 7.28. The molecule has 2 aliphatic rings. The zero-order chi connectivity index (χ0) is 21.7. The average molecular weight is 555 g/mol. The number of aliphatic carboxylic acids is 1. The molecule has 1 fully saturated rings. The first-order valence-electron chi connectivity index (χ1n) is 9.13. The van der Waals surface area contributed by atoms with E-state index >= 15 is 0 Å². The van der Waals surface area contributed by atoms with Crippen molar-refractivity contribution < 1.29 is 24.2 Å². The Morgan fingerprint density at radius 1 is 1.33 bits per heavy atom. The van der Waals surface area contributed by atoms with Crippen LogP contribution in [0.2, 0.25) is 0 Å². The molecule has 6 nitrogen and oxygen atoms in total. The number of halogens is 1. The maximum Gasteiger partial charge on any atom is 0.303 e. The molecule has 156 valence electrons. The molecule has 0 aromatic heterocycles. The predicted octanol–water partition coefficient (Wildman–Crippen LogP) is 4.21. The summed E-state index contributed by atoms with van der Waals surface area (Å²) in [6.07, 6.45) is 7.19. The molecule has 9 heteroatoms. The fourth-order valence-corrected chi connectivity index (χ4v) is 4.89. The van der Waals surface area contributed by atoms with Crippen LogP contribution in [0.4, 0.5) is 0 Å². The second-order valence-electron chi connectivity index (χ2n) is 6.55. The van der Waals surface area contributed by atoms with E-state index < -0.39 is 5.97 Å². The number of thiocarbonyl (C=S) groups is 1. The Morgan fingerprint density at radius 3 is 2.83 bits per heavy atom. The highest BCUT2D eigenvalue weighted by Crippen LogP contribution is 2.35. The smallest absolute Gasteiger partial charge is 0.303 e. The number of thioether (sulfide) groups is 1. The van der Waals surface area contributed by atoms with Gasteiger partial charge in [0.25, 0.3) is 5.91 Å². The molecule has 0 saturated carbocycles. The second-order valence-corrected chi connectivity index (χ2v) is 9.47. The van der Waals surface area contributed by atoms with Gasteiger partial charge in [-0.2, -0.15) is 0 Å². The van der Waals surface area contributed by atoms with Crippen LogP contribution in [-0.2, 0) is 14.4 Å². The molecule has 1 aliphatic carbocycles. The van der Waals surface area contributed by atoms with Crippen molar-refractivity contribution in [3.63, 3.8) is 0 Å². The summed E-state index contributed by atoms with van der Waals surface area (Å²) >= 11 is 8.61. The van der Waals surface area contributed by atoms with Crippen molar-refractivity contribution >= 4 is 74.6 Å². The summed E-state index contributed by atoms with van der Waals surface area (Å²) < 4.78 is 7.26. The minimum atomic E-state index is -0.904. The number of nitrogens with zero attached hydrogens (tertiary/aromatic N) is 1. The first kappa shape index (κ1) is 22.7. The van der Waals surface area contributed by atoms with Gasteiger partial charge in [-0.15, -0.1) is 0 Å². The molecule has 0 radical (unpaired) electrons. The number of carbonyl (C=O) groups excluding carboxylic acids is 2. The van der Waals surface area contributed by atoms with Crippen LogP contribution in [0.15, 0.2) is 51.0 Å². The van der Waals surface area contributed by atoms with E-state index in [0.717, 1.165) is 3.58 Å². The van der Waals surface area contributed by atoms with Gasteiger partial charge in [0.2, 0.25) is 0 Å². The number of hydrogen-bond acceptors (Lipinski definition) is 6. The molecule has 30 heavy (non-hydrogen) atoms. The molecular formula is C21H18INO5S2. The lowest BCUT2D eigenvalue weighted by Crippen LogP contribution is -2.29. The Labute approximate surface area is 197 Å². The van der Waals surface area contributed by atoms with Crippen molar-refractivity contribution in [1.82, 2.24) is 4.90 Å². The van der Waals surface area contributed by atoms with Crippen LogP contribution in [0, 0.1) is 5.92 Å². The summed E-state index contributed by atoms with van der Waals surface area (Å²) in [7, 11) is 0. The van der Waals surface area contributed by atoms with Crippen LogP contribution in [0.5, 0.6) is 5.75 Å². The lowest BCUT2D eigenvalue weighted by atomic mass is 10.0. The van der Waals surface area contributed by atoms with Gasteiger partial charge in [-0.3, -0.25) is 19.3 Å². The van der Waals surface area contributed by atoms with Crippen LogP contribution >= 0.6 is 46.6 Å². The van der Waals surface area contributed by atoms with Crippen LogP contribution in [-0.4, -0.2) is 45.1 Å². The number of allylic oxidation sites excluding steroid dienone is 3. The number of ketones is 1. The van der Waals surface area contributed by atoms with E-state index in [0.29, 0.717) is 27.0 Å². The quantitative estimate of drug-likeness (QED) is 0.293. The fraction of sp³-hybridized carbons (Fsp3) is 0.238. The minimum absolute atomic E-state index is 0.00149. The summed E-state index contributed by atoms with van der Waals surface area (Å²) in [5.74, 6) is -0.910. The number of carboxylic acid groups (broad SMARTS) is 1. The normalized spacial score (nSPS) is 20.1. The standard InChI is InChI=1S/C21H18INO5S2/c22-15-6-3-7-16(24)14(15)12-28-17-8-2-1-5-13(17)11-18-20(27)23(21(29)30-18)10-4-9-19(25)26/h1-3,5-8,11,14H,4,9-10,12H2,(H,25,26). The first-order valence-corrected chi connectivity index (χ1v) is 11.4. The molecule has 1 aliphatic heterocycles. The highest BCUT2D eigenvalue weighted by molar-refractivity contribution is 14.1. The van der Waals surface area contributed by atoms with Gasteiger partial charge in [-0.25, -0.2) is 0 Å². The number of benzene rings is 1. The number of ether oxygens (including phenoxy) is 1. The number of carboxylic acids is 1. The maximum atomic E-state index is 12.7. The van der Waals surface area contributed by atoms with Gasteiger partial charge in [0.1, 0.15) is 16.7 Å². The van der Waals surface area contributed by atoms with Crippen molar-refractivity contribution in [3.8, 4) is 5.75 Å². The molecule has 1 saturated heterocycles. The molecular weight excluding hydrogens is 537 g/mol. The van der Waals surface area contributed by atoms with Crippen molar-refractivity contribution in [1.29, 1.82) is 0 Å². The van der Waals surface area contributed by atoms with Crippen LogP contribution in [0.3, 0.4) is 0 Å². The number of para-hydroxylation sites is 1. The summed E-state index contributed by atoms with van der Waals surface area (Å²) in [5, 5.41) is 8.78. The Bertz CT molecular complexity index is 985. The third-order valence-electron chi connectivity index (χ3n) is 4.45. The van der Waals surface area contributed by atoms with E-state index in [1.165, 1.54) is 22.7 Å². The molecule has 0 bridgehead atoms. The number of rotatable bonds is 8. The number of hydrogen-bond donors (Lipinski definition) is 1. The third kappa shape index (κ3) is 5.58. The zero-order valence-electron chi connectivity index (χ0n) is 15.7. The molecule has 1 amide bonds. The van der Waals surface area contributed by atoms with Crippen LogP contribution in [0.25, 0.3) is 6.08 Å². The Morgan fingerprint density at radius 2 is 2.10 bits per heavy atom. The minimum Gasteiger partial charge on any atom is -0.492 e. The van der Waals surface area contributed by atoms with Crippen molar-refractivity contribution in [3.05, 3.63) is 56.5 Å². The molecule has 1 atom stereocenters. The largest absolute Gasteiger partial charge is 0.492 e. The monoisotopic (exact) mass is 555 g/mol. The summed E-state index contributed by atoms with van der Waals surface area (Å²) in [6.45, 7) is 0.480. The lowest BCUT2D eigenvalue weighted by molar-refractivity contribution is -0.137. The van der Waals surface area contributed by atoms with Gasteiger partial charge >= 0.3 is 5.97 Å². The lowest BCUT2D eigenvalue weighted by Gasteiger charge is -2.18. The maximum absolute atomic E-state index is 12.7. The Kier molecular flexibility index (Phi) is 7.84. The number of amides is 1. The molecule has 1 unspecified atom stereocenters. The molecule has 3 rings (SSSR count). The van der Waals surface area contributed by atoms with Crippen molar-refractivity contribution in [2.24, 2.45) is 5.92 Å². The SMILES string of the molecule is O=C(O)CCCN1C(=O)C(=Cc2ccccc2OCC2C(=O)C=CC=C2I)SC1=S. The molecule has 1 heterocycles. The van der Waals surface area contributed by atoms with Gasteiger partial charge < -0.3 is 9.84 Å². The molecule has 1 N–H and O–H groups in total. The van der Waals surface area contributed by atoms with E-state index in [9.17, 15) is 14.4 Å². The summed E-state index contributed by atoms with van der Waals surface area (Å²) in [4.78, 5) is 37.4. The highest BCUT2D eigenvalue weighted by Gasteiger charge is 2.32. The van der Waals surface area contributed by atoms with Crippen LogP contribution in [0.1, 0.15) is 18.4 Å². The van der Waals surface area contributed by atoms with Gasteiger partial charge in [0, 0.05) is 22.1 Å². The molecule has 1 aromatic rings. The highest BCUT2D eigenvalue weighted by atomic mass is 127. The third-order valence-corrected chi connectivity index (χ3v) is 6.94. The number of carbonyl (C=O) groups is 3. The van der Waals surface area contributed by atoms with E-state index in [1.807, 2.05) is 24.3 Å². The van der Waals surface area contributed by atoms with E-state index in [-0.39, 0.29) is 37.2 Å². The predicted molar refractivity (Wildman–Crippen MR) is 128 cm³/mol. The molecule has 0 spiro atoms. The first-order chi connectivity index (χ1) is 14.4. The fourth-order valence-electron chi connectivity index (χ4n) is 2.89. The zero-order valence-corrected chi connectivity index (χ0v) is 19.5. The Balaban J connectivity index is 1.72. The van der Waals surface area contributed by atoms with E-state index in [2.05, 4.69) is 22.6 Å². The topological polar surface area (TPSA) is 83.9 Å². The Hall–Kier alpha value is -1.98. The van der Waals surface area contributed by atoms with Gasteiger partial charge in [-0.05, 0) is 47.2 Å². The van der Waals surface area contributed by atoms with Gasteiger partial charge in [-0.1, -0.05) is 54.3 Å².